The topological polar surface area (TPSA) is 49.4 Å². The minimum Gasteiger partial charge on any atom is -0.346 e. The molecule has 1 heterocycles. The van der Waals surface area contributed by atoms with E-state index in [1.807, 2.05) is 19.2 Å². The van der Waals surface area contributed by atoms with Gasteiger partial charge in [0, 0.05) is 47.0 Å². The van der Waals surface area contributed by atoms with Gasteiger partial charge in [0.1, 0.15) is 0 Å². The number of benzene rings is 1. The Bertz CT molecular complexity index is 555. The van der Waals surface area contributed by atoms with Crippen LogP contribution in [-0.4, -0.2) is 24.3 Å². The van der Waals surface area contributed by atoms with E-state index in [0.717, 1.165) is 12.1 Å². The first-order chi connectivity index (χ1) is 9.31. The fraction of sp³-hybridized carbons (Fsp3) is 0.467. The molecule has 1 aromatic carbocycles. The summed E-state index contributed by atoms with van der Waals surface area (Å²) in [5.41, 5.74) is 3.20. The number of anilines is 1. The summed E-state index contributed by atoms with van der Waals surface area (Å²) in [7, 11) is 1.82. The molecule has 2 amide bonds. The molecule has 4 nitrogen and oxygen atoms in total. The fourth-order valence-electron chi connectivity index (χ4n) is 2.47. The number of hydrogen-bond acceptors (Lipinski definition) is 2. The van der Waals surface area contributed by atoms with Gasteiger partial charge < -0.3 is 10.2 Å². The van der Waals surface area contributed by atoms with Crippen LogP contribution in [0.15, 0.2) is 18.2 Å². The first kappa shape index (κ1) is 15.0. The molecule has 0 spiro atoms. The van der Waals surface area contributed by atoms with Gasteiger partial charge in [-0.25, -0.2) is 0 Å². The zero-order valence-electron chi connectivity index (χ0n) is 12.0. The van der Waals surface area contributed by atoms with Crippen LogP contribution in [0.1, 0.15) is 31.4 Å². The molecular formula is C15H19BrN2O2. The SMILES string of the molecule is CN1C(=O)CCc2cc(C(C)(C)CNC(=O)Br)ccc21. The summed E-state index contributed by atoms with van der Waals surface area (Å²) in [6.07, 6.45) is 1.35. The molecule has 2 rings (SSSR count). The summed E-state index contributed by atoms with van der Waals surface area (Å²) in [6.45, 7) is 4.75. The summed E-state index contributed by atoms with van der Waals surface area (Å²) in [6, 6.07) is 6.19. The number of rotatable bonds is 3. The van der Waals surface area contributed by atoms with E-state index in [9.17, 15) is 9.59 Å². The Labute approximate surface area is 127 Å². The van der Waals surface area contributed by atoms with Gasteiger partial charge in [-0.3, -0.25) is 9.59 Å². The van der Waals surface area contributed by atoms with Gasteiger partial charge in [0.2, 0.25) is 5.91 Å². The van der Waals surface area contributed by atoms with Gasteiger partial charge in [-0.05, 0) is 23.6 Å². The van der Waals surface area contributed by atoms with Crippen LogP contribution in [0.5, 0.6) is 0 Å². The lowest BCUT2D eigenvalue weighted by Crippen LogP contribution is -2.35. The molecule has 1 aliphatic rings. The molecule has 0 aliphatic carbocycles. The number of aryl methyl sites for hydroxylation is 1. The van der Waals surface area contributed by atoms with Crippen molar-refractivity contribution in [1.82, 2.24) is 5.32 Å². The van der Waals surface area contributed by atoms with E-state index in [4.69, 9.17) is 0 Å². The molecule has 0 radical (unpaired) electrons. The van der Waals surface area contributed by atoms with Crippen LogP contribution in [0.4, 0.5) is 10.5 Å². The molecule has 0 saturated carbocycles. The van der Waals surface area contributed by atoms with Crippen molar-refractivity contribution in [3.63, 3.8) is 0 Å². The average Bonchev–Trinajstić information content (AvgIpc) is 2.40. The van der Waals surface area contributed by atoms with E-state index in [1.165, 1.54) is 11.1 Å². The third kappa shape index (κ3) is 3.03. The Balaban J connectivity index is 2.27. The predicted octanol–water partition coefficient (Wildman–Crippen LogP) is 2.98. The maximum atomic E-state index is 11.7. The zero-order chi connectivity index (χ0) is 14.9. The predicted molar refractivity (Wildman–Crippen MR) is 83.5 cm³/mol. The molecule has 0 unspecified atom stereocenters. The van der Waals surface area contributed by atoms with Gasteiger partial charge in [-0.15, -0.1) is 0 Å². The number of hydrogen-bond donors (Lipinski definition) is 1. The molecular weight excluding hydrogens is 320 g/mol. The summed E-state index contributed by atoms with van der Waals surface area (Å²) in [4.78, 5) is 24.2. The second-order valence-electron chi connectivity index (χ2n) is 5.81. The van der Waals surface area contributed by atoms with Crippen LogP contribution in [0.2, 0.25) is 0 Å². The van der Waals surface area contributed by atoms with Crippen molar-refractivity contribution < 1.29 is 9.59 Å². The van der Waals surface area contributed by atoms with Crippen LogP contribution >= 0.6 is 15.9 Å². The monoisotopic (exact) mass is 338 g/mol. The standard InChI is InChI=1S/C15H19BrN2O2/c1-15(2,9-17-14(16)20)11-5-6-12-10(8-11)4-7-13(19)18(12)3/h5-6,8H,4,7,9H2,1-3H3,(H,17,20). The highest BCUT2D eigenvalue weighted by Gasteiger charge is 2.25. The zero-order valence-corrected chi connectivity index (χ0v) is 13.6. The van der Waals surface area contributed by atoms with Crippen molar-refractivity contribution >= 4 is 32.3 Å². The summed E-state index contributed by atoms with van der Waals surface area (Å²) >= 11 is 2.88. The summed E-state index contributed by atoms with van der Waals surface area (Å²) in [5, 5.41) is 2.79. The van der Waals surface area contributed by atoms with Crippen molar-refractivity contribution in [2.75, 3.05) is 18.5 Å². The lowest BCUT2D eigenvalue weighted by Gasteiger charge is -2.30. The van der Waals surface area contributed by atoms with Gasteiger partial charge in [0.05, 0.1) is 0 Å². The van der Waals surface area contributed by atoms with Crippen LogP contribution in [0.3, 0.4) is 0 Å². The quantitative estimate of drug-likeness (QED) is 0.680. The summed E-state index contributed by atoms with van der Waals surface area (Å²) in [5.74, 6) is 0.163. The summed E-state index contributed by atoms with van der Waals surface area (Å²) < 4.78 is 0. The van der Waals surface area contributed by atoms with E-state index >= 15 is 0 Å². The molecule has 0 aromatic heterocycles. The van der Waals surface area contributed by atoms with Crippen molar-refractivity contribution in [1.29, 1.82) is 0 Å². The van der Waals surface area contributed by atoms with E-state index in [0.29, 0.717) is 13.0 Å². The lowest BCUT2D eigenvalue weighted by atomic mass is 9.82. The molecule has 5 heteroatoms. The second kappa shape index (κ2) is 5.56. The lowest BCUT2D eigenvalue weighted by molar-refractivity contribution is -0.118. The van der Waals surface area contributed by atoms with Crippen LogP contribution < -0.4 is 10.2 Å². The Morgan fingerprint density at radius 3 is 2.75 bits per heavy atom. The number of amides is 2. The second-order valence-corrected chi connectivity index (χ2v) is 6.53. The maximum Gasteiger partial charge on any atom is 0.287 e. The highest BCUT2D eigenvalue weighted by molar-refractivity contribution is 9.18. The molecule has 0 bridgehead atoms. The van der Waals surface area contributed by atoms with E-state index in [2.05, 4.69) is 41.2 Å². The molecule has 0 atom stereocenters. The number of nitrogens with one attached hydrogen (secondary N) is 1. The molecule has 1 aromatic rings. The smallest absolute Gasteiger partial charge is 0.287 e. The number of carbonyl (C=O) groups is 2. The van der Waals surface area contributed by atoms with Crippen LogP contribution in [0.25, 0.3) is 0 Å². The number of nitrogens with zero attached hydrogens (tertiary/aromatic N) is 1. The minimum atomic E-state index is -0.200. The Morgan fingerprint density at radius 2 is 2.10 bits per heavy atom. The third-order valence-corrected chi connectivity index (χ3v) is 4.15. The third-order valence-electron chi connectivity index (χ3n) is 3.87. The average molecular weight is 339 g/mol. The molecule has 0 saturated heterocycles. The number of fused-ring (bicyclic) bond motifs is 1. The fourth-order valence-corrected chi connectivity index (χ4v) is 2.61. The van der Waals surface area contributed by atoms with Gasteiger partial charge in [-0.2, -0.15) is 0 Å². The molecule has 108 valence electrons. The van der Waals surface area contributed by atoms with Gasteiger partial charge in [0.15, 0.2) is 0 Å². The Kier molecular flexibility index (Phi) is 4.18. The van der Waals surface area contributed by atoms with Crippen molar-refractivity contribution in [2.24, 2.45) is 0 Å². The Morgan fingerprint density at radius 1 is 1.40 bits per heavy atom. The normalized spacial score (nSPS) is 15.0. The minimum absolute atomic E-state index is 0.154. The van der Waals surface area contributed by atoms with E-state index in [-0.39, 0.29) is 16.1 Å². The molecule has 1 N–H and O–H groups in total. The van der Waals surface area contributed by atoms with E-state index < -0.39 is 0 Å². The molecule has 0 fully saturated rings. The number of halogens is 1. The maximum absolute atomic E-state index is 11.7. The molecule has 20 heavy (non-hydrogen) atoms. The van der Waals surface area contributed by atoms with Crippen LogP contribution in [-0.2, 0) is 16.6 Å². The largest absolute Gasteiger partial charge is 0.346 e. The first-order valence-corrected chi connectivity index (χ1v) is 7.44. The first-order valence-electron chi connectivity index (χ1n) is 6.64. The molecule has 1 aliphatic heterocycles. The van der Waals surface area contributed by atoms with E-state index in [1.54, 1.807) is 4.90 Å². The van der Waals surface area contributed by atoms with Crippen molar-refractivity contribution in [2.45, 2.75) is 32.1 Å². The van der Waals surface area contributed by atoms with Gasteiger partial charge in [0.25, 0.3) is 4.82 Å². The highest BCUT2D eigenvalue weighted by Crippen LogP contribution is 2.32. The van der Waals surface area contributed by atoms with Gasteiger partial charge >= 0.3 is 0 Å². The Hall–Kier alpha value is -1.36. The van der Waals surface area contributed by atoms with Gasteiger partial charge in [-0.1, -0.05) is 26.0 Å². The van der Waals surface area contributed by atoms with Crippen LogP contribution in [0, 0.1) is 0 Å². The van der Waals surface area contributed by atoms with Crippen molar-refractivity contribution in [3.05, 3.63) is 29.3 Å². The number of carbonyl (C=O) groups excluding carboxylic acids is 2. The van der Waals surface area contributed by atoms with Crippen molar-refractivity contribution in [3.8, 4) is 0 Å². The highest BCUT2D eigenvalue weighted by atomic mass is 79.9.